The highest BCUT2D eigenvalue weighted by Crippen LogP contribution is 2.29. The van der Waals surface area contributed by atoms with Gasteiger partial charge in [0.15, 0.2) is 0 Å². The Hall–Kier alpha value is -2.05. The summed E-state index contributed by atoms with van der Waals surface area (Å²) in [5.74, 6) is -0.211. The van der Waals surface area contributed by atoms with Gasteiger partial charge in [-0.25, -0.2) is 8.42 Å². The lowest BCUT2D eigenvalue weighted by molar-refractivity contribution is -0.114. The minimum absolute atomic E-state index is 0.191. The first kappa shape index (κ1) is 18.3. The number of amides is 1. The zero-order valence-corrected chi connectivity index (χ0v) is 15.5. The van der Waals surface area contributed by atoms with Gasteiger partial charge in [-0.05, 0) is 61.7 Å². The first-order valence-corrected chi connectivity index (χ1v) is 9.14. The molecule has 2 N–H and O–H groups in total. The van der Waals surface area contributed by atoms with E-state index in [1.165, 1.54) is 6.92 Å². The van der Waals surface area contributed by atoms with Crippen LogP contribution in [-0.4, -0.2) is 14.3 Å². The Kier molecular flexibility index (Phi) is 5.20. The third kappa shape index (κ3) is 3.88. The smallest absolute Gasteiger partial charge is 0.262 e. The molecule has 0 saturated carbocycles. The maximum atomic E-state index is 12.8. The van der Waals surface area contributed by atoms with Crippen LogP contribution in [0, 0.1) is 20.8 Å². The fourth-order valence-electron chi connectivity index (χ4n) is 2.56. The van der Waals surface area contributed by atoms with Crippen LogP contribution in [0.25, 0.3) is 0 Å². The molecule has 128 valence electrons. The maximum absolute atomic E-state index is 12.8. The minimum atomic E-state index is -3.78. The molecule has 0 aliphatic carbocycles. The second-order valence-corrected chi connectivity index (χ2v) is 7.66. The van der Waals surface area contributed by atoms with Crippen LogP contribution in [0.15, 0.2) is 35.2 Å². The van der Waals surface area contributed by atoms with Crippen molar-refractivity contribution in [2.45, 2.75) is 32.6 Å². The average Bonchev–Trinajstić information content (AvgIpc) is 2.41. The molecule has 24 heavy (non-hydrogen) atoms. The molecule has 0 aliphatic heterocycles. The lowest BCUT2D eigenvalue weighted by Gasteiger charge is -2.16. The molecule has 0 atom stereocenters. The standard InChI is InChI=1S/C17H19ClN2O3S/c1-10-8-14(19-13(4)21)9-11(2)17(10)24(22,23)20-16-7-5-6-15(18)12(16)3/h5-9,20H,1-4H3,(H,19,21). The molecule has 1 amide bonds. The average molecular weight is 367 g/mol. The number of anilines is 2. The number of aryl methyl sites for hydroxylation is 2. The number of rotatable bonds is 4. The van der Waals surface area contributed by atoms with E-state index in [1.807, 2.05) is 0 Å². The van der Waals surface area contributed by atoms with E-state index >= 15 is 0 Å². The molecule has 0 spiro atoms. The second kappa shape index (κ2) is 6.83. The van der Waals surface area contributed by atoms with Gasteiger partial charge >= 0.3 is 0 Å². The number of nitrogens with one attached hydrogen (secondary N) is 2. The lowest BCUT2D eigenvalue weighted by Crippen LogP contribution is -2.17. The van der Waals surface area contributed by atoms with Gasteiger partial charge in [0.25, 0.3) is 10.0 Å². The lowest BCUT2D eigenvalue weighted by atomic mass is 10.1. The van der Waals surface area contributed by atoms with E-state index < -0.39 is 10.0 Å². The second-order valence-electron chi connectivity index (χ2n) is 5.64. The fourth-order valence-corrected chi connectivity index (χ4v) is 4.32. The molecular formula is C17H19ClN2O3S. The summed E-state index contributed by atoms with van der Waals surface area (Å²) >= 11 is 6.05. The topological polar surface area (TPSA) is 75.3 Å². The fraction of sp³-hybridized carbons (Fsp3) is 0.235. The van der Waals surface area contributed by atoms with Gasteiger partial charge < -0.3 is 5.32 Å². The van der Waals surface area contributed by atoms with Crippen molar-refractivity contribution in [3.05, 3.63) is 52.0 Å². The Labute approximate surface area is 147 Å². The van der Waals surface area contributed by atoms with Crippen LogP contribution < -0.4 is 10.0 Å². The van der Waals surface area contributed by atoms with E-state index in [4.69, 9.17) is 11.6 Å². The summed E-state index contributed by atoms with van der Waals surface area (Å²) in [5.41, 5.74) is 2.76. The van der Waals surface area contributed by atoms with Gasteiger partial charge in [-0.15, -0.1) is 0 Å². The Balaban J connectivity index is 2.46. The van der Waals surface area contributed by atoms with E-state index in [2.05, 4.69) is 10.0 Å². The van der Waals surface area contributed by atoms with Gasteiger partial charge in [-0.1, -0.05) is 17.7 Å². The van der Waals surface area contributed by atoms with Crippen molar-refractivity contribution < 1.29 is 13.2 Å². The maximum Gasteiger partial charge on any atom is 0.262 e. The molecule has 5 nitrogen and oxygen atoms in total. The van der Waals surface area contributed by atoms with Crippen molar-refractivity contribution in [1.82, 2.24) is 0 Å². The predicted molar refractivity (Wildman–Crippen MR) is 97.2 cm³/mol. The number of carbonyl (C=O) groups is 1. The molecule has 0 unspecified atom stereocenters. The van der Waals surface area contributed by atoms with Crippen molar-refractivity contribution in [1.29, 1.82) is 0 Å². The zero-order chi connectivity index (χ0) is 18.1. The van der Waals surface area contributed by atoms with Gasteiger partial charge in [0.05, 0.1) is 10.6 Å². The largest absolute Gasteiger partial charge is 0.326 e. The van der Waals surface area contributed by atoms with Crippen LogP contribution in [0.4, 0.5) is 11.4 Å². The highest BCUT2D eigenvalue weighted by molar-refractivity contribution is 7.92. The Bertz CT molecular complexity index is 885. The normalized spacial score (nSPS) is 11.2. The SMILES string of the molecule is CC(=O)Nc1cc(C)c(S(=O)(=O)Nc2cccc(Cl)c2C)c(C)c1. The van der Waals surface area contributed by atoms with Crippen LogP contribution in [0.2, 0.25) is 5.02 Å². The number of sulfonamides is 1. The predicted octanol–water partition coefficient (Wildman–Crippen LogP) is 4.02. The van der Waals surface area contributed by atoms with Crippen LogP contribution in [-0.2, 0) is 14.8 Å². The number of hydrogen-bond acceptors (Lipinski definition) is 3. The molecular weight excluding hydrogens is 348 g/mol. The molecule has 0 saturated heterocycles. The Morgan fingerprint density at radius 1 is 1.08 bits per heavy atom. The molecule has 2 aromatic carbocycles. The number of carbonyl (C=O) groups excluding carboxylic acids is 1. The molecule has 7 heteroatoms. The van der Waals surface area contributed by atoms with Crippen molar-refractivity contribution in [3.8, 4) is 0 Å². The van der Waals surface area contributed by atoms with E-state index in [0.29, 0.717) is 33.1 Å². The molecule has 0 bridgehead atoms. The molecule has 2 rings (SSSR count). The molecule has 0 radical (unpaired) electrons. The van der Waals surface area contributed by atoms with E-state index in [0.717, 1.165) is 0 Å². The molecule has 0 aromatic heterocycles. The molecule has 2 aromatic rings. The summed E-state index contributed by atoms with van der Waals surface area (Å²) in [6, 6.07) is 8.32. The number of halogens is 1. The highest BCUT2D eigenvalue weighted by Gasteiger charge is 2.21. The Morgan fingerprint density at radius 2 is 1.67 bits per heavy atom. The van der Waals surface area contributed by atoms with E-state index in [1.54, 1.807) is 51.1 Å². The van der Waals surface area contributed by atoms with Gasteiger partial charge in [0, 0.05) is 17.6 Å². The monoisotopic (exact) mass is 366 g/mol. The van der Waals surface area contributed by atoms with Gasteiger partial charge in [0.1, 0.15) is 0 Å². The third-order valence-electron chi connectivity index (χ3n) is 3.56. The van der Waals surface area contributed by atoms with Crippen LogP contribution in [0.3, 0.4) is 0 Å². The summed E-state index contributed by atoms with van der Waals surface area (Å²) in [6.07, 6.45) is 0. The van der Waals surface area contributed by atoms with Crippen LogP contribution >= 0.6 is 11.6 Å². The number of hydrogen-bond donors (Lipinski definition) is 2. The van der Waals surface area contributed by atoms with Crippen molar-refractivity contribution in [2.75, 3.05) is 10.0 Å². The van der Waals surface area contributed by atoms with Crippen molar-refractivity contribution >= 4 is 38.9 Å². The number of benzene rings is 2. The summed E-state index contributed by atoms with van der Waals surface area (Å²) in [7, 11) is -3.78. The molecule has 0 fully saturated rings. The van der Waals surface area contributed by atoms with Crippen LogP contribution in [0.5, 0.6) is 0 Å². The summed E-state index contributed by atoms with van der Waals surface area (Å²) in [4.78, 5) is 11.4. The zero-order valence-electron chi connectivity index (χ0n) is 13.9. The van der Waals surface area contributed by atoms with Crippen LogP contribution in [0.1, 0.15) is 23.6 Å². The molecule has 0 heterocycles. The first-order chi connectivity index (χ1) is 11.1. The van der Waals surface area contributed by atoms with Gasteiger partial charge in [-0.3, -0.25) is 9.52 Å². The van der Waals surface area contributed by atoms with Gasteiger partial charge in [0.2, 0.25) is 5.91 Å². The molecule has 0 aliphatic rings. The van der Waals surface area contributed by atoms with E-state index in [-0.39, 0.29) is 10.8 Å². The van der Waals surface area contributed by atoms with Gasteiger partial charge in [-0.2, -0.15) is 0 Å². The van der Waals surface area contributed by atoms with E-state index in [9.17, 15) is 13.2 Å². The highest BCUT2D eigenvalue weighted by atomic mass is 35.5. The summed E-state index contributed by atoms with van der Waals surface area (Å²) in [6.45, 7) is 6.54. The van der Waals surface area contributed by atoms with Crippen molar-refractivity contribution in [3.63, 3.8) is 0 Å². The summed E-state index contributed by atoms with van der Waals surface area (Å²) in [5, 5.41) is 3.15. The third-order valence-corrected chi connectivity index (χ3v) is 5.64. The first-order valence-electron chi connectivity index (χ1n) is 7.28. The Morgan fingerprint density at radius 3 is 2.21 bits per heavy atom. The summed E-state index contributed by atoms with van der Waals surface area (Å²) < 4.78 is 28.2. The van der Waals surface area contributed by atoms with Crippen molar-refractivity contribution in [2.24, 2.45) is 0 Å². The quantitative estimate of drug-likeness (QED) is 0.857. The minimum Gasteiger partial charge on any atom is -0.326 e.